The second-order valence-corrected chi connectivity index (χ2v) is 7.38. The lowest BCUT2D eigenvalue weighted by atomic mass is 10.1. The molecular weight excluding hydrogens is 394 g/mol. The van der Waals surface area contributed by atoms with E-state index in [2.05, 4.69) is 5.32 Å². The summed E-state index contributed by atoms with van der Waals surface area (Å²) >= 11 is 0. The van der Waals surface area contributed by atoms with Crippen molar-refractivity contribution in [3.63, 3.8) is 0 Å². The van der Waals surface area contributed by atoms with Crippen LogP contribution >= 0.6 is 0 Å². The van der Waals surface area contributed by atoms with Gasteiger partial charge in [-0.25, -0.2) is 0 Å². The van der Waals surface area contributed by atoms with Gasteiger partial charge in [0.25, 0.3) is 0 Å². The number of para-hydroxylation sites is 1. The lowest BCUT2D eigenvalue weighted by Gasteiger charge is -2.22. The molecule has 6 nitrogen and oxygen atoms in total. The van der Waals surface area contributed by atoms with Crippen LogP contribution < -0.4 is 24.3 Å². The van der Waals surface area contributed by atoms with Gasteiger partial charge in [-0.05, 0) is 61.0 Å². The summed E-state index contributed by atoms with van der Waals surface area (Å²) in [4.78, 5) is 0. The maximum Gasteiger partial charge on any atom is 0.161 e. The molecule has 162 valence electrons. The Morgan fingerprint density at radius 1 is 0.871 bits per heavy atom. The summed E-state index contributed by atoms with van der Waals surface area (Å²) in [5, 5.41) is 13.6. The van der Waals surface area contributed by atoms with Gasteiger partial charge in [0.05, 0.1) is 0 Å². The van der Waals surface area contributed by atoms with Gasteiger partial charge < -0.3 is 29.4 Å². The second kappa shape index (κ2) is 10.2. The van der Waals surface area contributed by atoms with Crippen LogP contribution in [0, 0.1) is 0 Å². The normalized spacial score (nSPS) is 14.5. The number of aliphatic hydroxyl groups is 1. The fourth-order valence-corrected chi connectivity index (χ4v) is 3.24. The first-order valence-corrected chi connectivity index (χ1v) is 10.4. The van der Waals surface area contributed by atoms with Crippen molar-refractivity contribution in [2.24, 2.45) is 0 Å². The van der Waals surface area contributed by atoms with Crippen molar-refractivity contribution in [3.05, 3.63) is 78.4 Å². The maximum absolute atomic E-state index is 10.3. The Hall–Kier alpha value is -3.22. The molecule has 0 saturated heterocycles. The number of hydrogen-bond donors (Lipinski definition) is 2. The molecule has 0 amide bonds. The van der Waals surface area contributed by atoms with E-state index in [9.17, 15) is 5.11 Å². The average Bonchev–Trinajstić information content (AvgIpc) is 2.82. The van der Waals surface area contributed by atoms with Crippen molar-refractivity contribution in [1.29, 1.82) is 0 Å². The number of rotatable bonds is 9. The van der Waals surface area contributed by atoms with Crippen LogP contribution in [0.2, 0.25) is 0 Å². The van der Waals surface area contributed by atoms with Gasteiger partial charge in [0.2, 0.25) is 0 Å². The summed E-state index contributed by atoms with van der Waals surface area (Å²) in [5.74, 6) is 3.73. The smallest absolute Gasteiger partial charge is 0.161 e. The van der Waals surface area contributed by atoms with Gasteiger partial charge in [0.1, 0.15) is 43.2 Å². The number of aliphatic hydroxyl groups excluding tert-OH is 1. The summed E-state index contributed by atoms with van der Waals surface area (Å²) in [6.07, 6.45) is -0.639. The number of ether oxygens (including phenoxy) is 4. The highest BCUT2D eigenvalue weighted by Gasteiger charge is 2.15. The van der Waals surface area contributed by atoms with E-state index >= 15 is 0 Å². The molecule has 3 aromatic carbocycles. The molecule has 31 heavy (non-hydrogen) atoms. The largest absolute Gasteiger partial charge is 0.491 e. The van der Waals surface area contributed by atoms with Crippen molar-refractivity contribution in [2.75, 3.05) is 26.4 Å². The summed E-state index contributed by atoms with van der Waals surface area (Å²) in [5.41, 5.74) is 1.08. The molecule has 0 unspecified atom stereocenters. The summed E-state index contributed by atoms with van der Waals surface area (Å²) in [6, 6.07) is 22.9. The molecule has 2 N–H and O–H groups in total. The lowest BCUT2D eigenvalue weighted by Crippen LogP contribution is -2.33. The number of hydrogen-bond acceptors (Lipinski definition) is 6. The van der Waals surface area contributed by atoms with Gasteiger partial charge in [-0.15, -0.1) is 0 Å². The number of benzene rings is 3. The first-order valence-electron chi connectivity index (χ1n) is 10.4. The van der Waals surface area contributed by atoms with Gasteiger partial charge in [-0.2, -0.15) is 0 Å². The summed E-state index contributed by atoms with van der Waals surface area (Å²) in [7, 11) is 0. The first kappa shape index (κ1) is 21.0. The zero-order chi connectivity index (χ0) is 21.5. The molecule has 0 aliphatic carbocycles. The van der Waals surface area contributed by atoms with Gasteiger partial charge in [-0.3, -0.25) is 0 Å². The third kappa shape index (κ3) is 5.90. The Balaban J connectivity index is 1.21. The predicted molar refractivity (Wildman–Crippen MR) is 118 cm³/mol. The van der Waals surface area contributed by atoms with E-state index in [-0.39, 0.29) is 12.6 Å². The molecule has 0 fully saturated rings. The molecule has 1 heterocycles. The van der Waals surface area contributed by atoms with E-state index in [1.54, 1.807) is 0 Å². The Kier molecular flexibility index (Phi) is 6.92. The average molecular weight is 421 g/mol. The van der Waals surface area contributed by atoms with Crippen molar-refractivity contribution < 1.29 is 24.1 Å². The first-order chi connectivity index (χ1) is 15.2. The topological polar surface area (TPSA) is 69.2 Å². The van der Waals surface area contributed by atoms with E-state index in [0.29, 0.717) is 25.5 Å². The van der Waals surface area contributed by atoms with E-state index in [4.69, 9.17) is 18.9 Å². The number of nitrogens with one attached hydrogen (secondary N) is 1. The summed E-state index contributed by atoms with van der Waals surface area (Å²) < 4.78 is 22.7. The van der Waals surface area contributed by atoms with Gasteiger partial charge in [0.15, 0.2) is 11.5 Å². The molecule has 6 heteroatoms. The lowest BCUT2D eigenvalue weighted by molar-refractivity contribution is 0.104. The van der Waals surface area contributed by atoms with Crippen LogP contribution in [0.3, 0.4) is 0 Å². The van der Waals surface area contributed by atoms with E-state index in [1.807, 2.05) is 79.7 Å². The third-order valence-corrected chi connectivity index (χ3v) is 4.97. The third-order valence-electron chi connectivity index (χ3n) is 4.97. The Morgan fingerprint density at radius 2 is 1.55 bits per heavy atom. The molecule has 1 aliphatic heterocycles. The Morgan fingerprint density at radius 3 is 2.32 bits per heavy atom. The maximum atomic E-state index is 10.3. The van der Waals surface area contributed by atoms with Crippen molar-refractivity contribution >= 4 is 0 Å². The summed E-state index contributed by atoms with van der Waals surface area (Å²) in [6.45, 7) is 3.79. The van der Waals surface area contributed by atoms with Gasteiger partial charge in [0, 0.05) is 12.6 Å². The second-order valence-electron chi connectivity index (χ2n) is 7.38. The van der Waals surface area contributed by atoms with Gasteiger partial charge in [-0.1, -0.05) is 24.3 Å². The van der Waals surface area contributed by atoms with Crippen molar-refractivity contribution in [1.82, 2.24) is 5.32 Å². The fourth-order valence-electron chi connectivity index (χ4n) is 3.24. The molecule has 0 bridgehead atoms. The zero-order valence-electron chi connectivity index (χ0n) is 17.5. The van der Waals surface area contributed by atoms with Crippen LogP contribution in [0.4, 0.5) is 0 Å². The van der Waals surface area contributed by atoms with Crippen LogP contribution in [0.15, 0.2) is 72.8 Å². The van der Waals surface area contributed by atoms with Crippen LogP contribution in [-0.2, 0) is 0 Å². The van der Waals surface area contributed by atoms with Crippen LogP contribution in [0.1, 0.15) is 18.5 Å². The highest BCUT2D eigenvalue weighted by atomic mass is 16.6. The van der Waals surface area contributed by atoms with Gasteiger partial charge >= 0.3 is 0 Å². The zero-order valence-corrected chi connectivity index (χ0v) is 17.5. The van der Waals surface area contributed by atoms with E-state index in [1.165, 1.54) is 0 Å². The molecule has 0 radical (unpaired) electrons. The predicted octanol–water partition coefficient (Wildman–Crippen LogP) is 4.34. The highest BCUT2D eigenvalue weighted by molar-refractivity contribution is 5.44. The molecule has 0 spiro atoms. The molecule has 1 aliphatic rings. The van der Waals surface area contributed by atoms with Crippen LogP contribution in [0.25, 0.3) is 0 Å². The fraction of sp³-hybridized carbons (Fsp3) is 0.280. The number of fused-ring (bicyclic) bond motifs is 1. The quantitative estimate of drug-likeness (QED) is 0.536. The molecule has 2 atom stereocenters. The highest BCUT2D eigenvalue weighted by Crippen LogP contribution is 2.32. The van der Waals surface area contributed by atoms with Crippen LogP contribution in [-0.4, -0.2) is 37.6 Å². The minimum atomic E-state index is -0.639. The molecule has 0 saturated carbocycles. The Labute approximate surface area is 182 Å². The molecule has 3 aromatic rings. The SMILES string of the molecule is C[C@H](NC[C@H](O)COc1ccc(Oc2ccccc2)cc1)c1ccc2c(c1)OCCO2. The molecular formula is C25H27NO5. The minimum absolute atomic E-state index is 0.0555. The monoisotopic (exact) mass is 421 g/mol. The van der Waals surface area contributed by atoms with E-state index in [0.717, 1.165) is 28.6 Å². The van der Waals surface area contributed by atoms with Crippen LogP contribution in [0.5, 0.6) is 28.7 Å². The van der Waals surface area contributed by atoms with Crippen molar-refractivity contribution in [3.8, 4) is 28.7 Å². The Bertz CT molecular complexity index is 961. The van der Waals surface area contributed by atoms with E-state index < -0.39 is 6.10 Å². The minimum Gasteiger partial charge on any atom is -0.491 e. The molecule has 0 aromatic heterocycles. The standard InChI is InChI=1S/C25H27NO5/c1-18(19-7-12-24-25(15-19)29-14-13-28-24)26-16-20(27)17-30-21-8-10-23(11-9-21)31-22-5-3-2-4-6-22/h2-12,15,18,20,26-27H,13-14,16-17H2,1H3/t18-,20-/m0/s1. The molecule has 4 rings (SSSR count). The van der Waals surface area contributed by atoms with Crippen molar-refractivity contribution in [2.45, 2.75) is 19.1 Å².